The van der Waals surface area contributed by atoms with Gasteiger partial charge in [-0.05, 0) is 25.0 Å². The molecule has 3 rings (SSSR count). The van der Waals surface area contributed by atoms with Crippen molar-refractivity contribution >= 4 is 35.2 Å². The summed E-state index contributed by atoms with van der Waals surface area (Å²) < 4.78 is 0. The number of nitrogens with two attached hydrogens (primary N) is 1. The molecular formula is C16H19N3O3S. The quantitative estimate of drug-likeness (QED) is 0.870. The van der Waals surface area contributed by atoms with Crippen molar-refractivity contribution in [2.24, 2.45) is 11.7 Å². The van der Waals surface area contributed by atoms with Crippen LogP contribution in [0.15, 0.2) is 29.2 Å². The molecule has 1 aromatic carbocycles. The van der Waals surface area contributed by atoms with Gasteiger partial charge in [-0.1, -0.05) is 12.1 Å². The van der Waals surface area contributed by atoms with E-state index in [4.69, 9.17) is 5.73 Å². The first-order valence-electron chi connectivity index (χ1n) is 7.68. The van der Waals surface area contributed by atoms with E-state index in [1.165, 1.54) is 11.8 Å². The molecule has 7 heteroatoms. The summed E-state index contributed by atoms with van der Waals surface area (Å²) >= 11 is 1.41. The normalized spacial score (nSPS) is 23.8. The second-order valence-corrected chi connectivity index (χ2v) is 7.12. The van der Waals surface area contributed by atoms with Crippen LogP contribution in [0.1, 0.15) is 19.3 Å². The van der Waals surface area contributed by atoms with Crippen LogP contribution >= 0.6 is 11.8 Å². The number of piperidine rings is 1. The summed E-state index contributed by atoms with van der Waals surface area (Å²) in [5.41, 5.74) is 6.13. The molecule has 122 valence electrons. The van der Waals surface area contributed by atoms with Gasteiger partial charge in [0, 0.05) is 24.4 Å². The van der Waals surface area contributed by atoms with E-state index in [0.29, 0.717) is 13.1 Å². The van der Waals surface area contributed by atoms with Crippen molar-refractivity contribution in [3.8, 4) is 0 Å². The number of amides is 3. The molecule has 3 N–H and O–H groups in total. The molecule has 0 aliphatic carbocycles. The summed E-state index contributed by atoms with van der Waals surface area (Å²) in [5, 5.41) is 2.40. The maximum atomic E-state index is 12.5. The van der Waals surface area contributed by atoms with Crippen LogP contribution in [0.4, 0.5) is 5.69 Å². The number of thioether (sulfide) groups is 1. The molecule has 1 fully saturated rings. The fourth-order valence-corrected chi connectivity index (χ4v) is 4.05. The molecule has 23 heavy (non-hydrogen) atoms. The first-order chi connectivity index (χ1) is 11.0. The average Bonchev–Trinajstić information content (AvgIpc) is 2.55. The highest BCUT2D eigenvalue weighted by atomic mass is 32.2. The van der Waals surface area contributed by atoms with Crippen LogP contribution in [0, 0.1) is 5.92 Å². The maximum absolute atomic E-state index is 12.5. The van der Waals surface area contributed by atoms with Crippen molar-refractivity contribution in [3.63, 3.8) is 0 Å². The highest BCUT2D eigenvalue weighted by molar-refractivity contribution is 8.01. The van der Waals surface area contributed by atoms with Crippen molar-refractivity contribution in [3.05, 3.63) is 24.3 Å². The Bertz CT molecular complexity index is 649. The second kappa shape index (κ2) is 6.62. The summed E-state index contributed by atoms with van der Waals surface area (Å²) in [6, 6.07) is 7.55. The lowest BCUT2D eigenvalue weighted by molar-refractivity contribution is -0.136. The van der Waals surface area contributed by atoms with Gasteiger partial charge in [0.2, 0.25) is 17.7 Å². The third-order valence-electron chi connectivity index (χ3n) is 4.24. The Morgan fingerprint density at radius 1 is 1.35 bits per heavy atom. The molecule has 1 aromatic rings. The Kier molecular flexibility index (Phi) is 4.56. The summed E-state index contributed by atoms with van der Waals surface area (Å²) in [5.74, 6) is -0.879. The van der Waals surface area contributed by atoms with Gasteiger partial charge in [0.1, 0.15) is 0 Å². The molecule has 6 nitrogen and oxygen atoms in total. The minimum Gasteiger partial charge on any atom is -0.369 e. The molecular weight excluding hydrogens is 314 g/mol. The van der Waals surface area contributed by atoms with Gasteiger partial charge in [0.25, 0.3) is 0 Å². The number of primary amides is 1. The standard InChI is InChI=1S/C16H19N3O3S/c17-15(21)10-4-3-7-19(9-10)14(20)8-13-16(22)18-11-5-1-2-6-12(11)23-13/h1-2,5-6,10,13H,3-4,7-9H2,(H2,17,21)(H,18,22)/t10-,13+/m0/s1. The van der Waals surface area contributed by atoms with Gasteiger partial charge < -0.3 is 16.0 Å². The topological polar surface area (TPSA) is 92.5 Å². The number of benzene rings is 1. The lowest BCUT2D eigenvalue weighted by atomic mass is 9.97. The molecule has 1 saturated heterocycles. The van der Waals surface area contributed by atoms with Crippen LogP contribution in [0.2, 0.25) is 0 Å². The van der Waals surface area contributed by atoms with Gasteiger partial charge in [0.05, 0.1) is 16.9 Å². The summed E-state index contributed by atoms with van der Waals surface area (Å²) in [6.45, 7) is 0.988. The number of anilines is 1. The number of rotatable bonds is 3. The Morgan fingerprint density at radius 2 is 2.13 bits per heavy atom. The van der Waals surface area contributed by atoms with E-state index in [2.05, 4.69) is 5.32 Å². The van der Waals surface area contributed by atoms with Crippen LogP contribution < -0.4 is 11.1 Å². The van der Waals surface area contributed by atoms with Crippen LogP contribution in [0.3, 0.4) is 0 Å². The number of carbonyl (C=O) groups is 3. The summed E-state index contributed by atoms with van der Waals surface area (Å²) in [6.07, 6.45) is 1.63. The van der Waals surface area contributed by atoms with Crippen LogP contribution in [-0.4, -0.2) is 41.0 Å². The average molecular weight is 333 g/mol. The van der Waals surface area contributed by atoms with Crippen molar-refractivity contribution in [1.82, 2.24) is 4.90 Å². The monoisotopic (exact) mass is 333 g/mol. The maximum Gasteiger partial charge on any atom is 0.238 e. The Labute approximate surface area is 138 Å². The zero-order valence-electron chi connectivity index (χ0n) is 12.7. The lowest BCUT2D eigenvalue weighted by Gasteiger charge is -2.32. The third kappa shape index (κ3) is 3.50. The van der Waals surface area contributed by atoms with E-state index in [-0.39, 0.29) is 30.1 Å². The van der Waals surface area contributed by atoms with E-state index >= 15 is 0 Å². The number of carbonyl (C=O) groups excluding carboxylic acids is 3. The van der Waals surface area contributed by atoms with Crippen molar-refractivity contribution in [2.75, 3.05) is 18.4 Å². The fraction of sp³-hybridized carbons (Fsp3) is 0.438. The Hall–Kier alpha value is -2.02. The van der Waals surface area contributed by atoms with Gasteiger partial charge >= 0.3 is 0 Å². The van der Waals surface area contributed by atoms with Crippen molar-refractivity contribution in [1.29, 1.82) is 0 Å². The zero-order valence-corrected chi connectivity index (χ0v) is 13.5. The predicted octanol–water partition coefficient (Wildman–Crippen LogP) is 1.21. The summed E-state index contributed by atoms with van der Waals surface area (Å²) in [4.78, 5) is 38.6. The zero-order chi connectivity index (χ0) is 16.4. The Balaban J connectivity index is 1.64. The second-order valence-electron chi connectivity index (χ2n) is 5.88. The highest BCUT2D eigenvalue weighted by Crippen LogP contribution is 2.37. The molecule has 2 atom stereocenters. The summed E-state index contributed by atoms with van der Waals surface area (Å²) in [7, 11) is 0. The highest BCUT2D eigenvalue weighted by Gasteiger charge is 2.32. The third-order valence-corrected chi connectivity index (χ3v) is 5.52. The van der Waals surface area contributed by atoms with E-state index in [9.17, 15) is 14.4 Å². The van der Waals surface area contributed by atoms with E-state index in [1.807, 2.05) is 24.3 Å². The number of para-hydroxylation sites is 1. The molecule has 2 aliphatic rings. The molecule has 0 bridgehead atoms. The molecule has 0 spiro atoms. The van der Waals surface area contributed by atoms with E-state index < -0.39 is 5.25 Å². The Morgan fingerprint density at radius 3 is 2.91 bits per heavy atom. The molecule has 0 aromatic heterocycles. The molecule has 2 heterocycles. The van der Waals surface area contributed by atoms with Crippen molar-refractivity contribution < 1.29 is 14.4 Å². The minimum absolute atomic E-state index is 0.0945. The van der Waals surface area contributed by atoms with Gasteiger partial charge in [-0.3, -0.25) is 14.4 Å². The molecule has 0 unspecified atom stereocenters. The lowest BCUT2D eigenvalue weighted by Crippen LogP contribution is -2.45. The SMILES string of the molecule is NC(=O)[C@H]1CCCN(C(=O)C[C@H]2Sc3ccccc3NC2=O)C1. The smallest absolute Gasteiger partial charge is 0.238 e. The fourth-order valence-electron chi connectivity index (χ4n) is 2.95. The van der Waals surface area contributed by atoms with Crippen molar-refractivity contribution in [2.45, 2.75) is 29.4 Å². The van der Waals surface area contributed by atoms with E-state index in [1.54, 1.807) is 4.90 Å². The van der Waals surface area contributed by atoms with Gasteiger partial charge in [-0.15, -0.1) is 11.8 Å². The van der Waals surface area contributed by atoms with Crippen LogP contribution in [-0.2, 0) is 14.4 Å². The van der Waals surface area contributed by atoms with Gasteiger partial charge in [-0.2, -0.15) is 0 Å². The van der Waals surface area contributed by atoms with Gasteiger partial charge in [-0.25, -0.2) is 0 Å². The minimum atomic E-state index is -0.439. The van der Waals surface area contributed by atoms with E-state index in [0.717, 1.165) is 23.4 Å². The number of hydrogen-bond acceptors (Lipinski definition) is 4. The molecule has 3 amide bonds. The molecule has 0 radical (unpaired) electrons. The van der Waals surface area contributed by atoms with Gasteiger partial charge in [0.15, 0.2) is 0 Å². The number of likely N-dealkylation sites (tertiary alicyclic amines) is 1. The first-order valence-corrected chi connectivity index (χ1v) is 8.56. The van der Waals surface area contributed by atoms with Crippen LogP contribution in [0.5, 0.6) is 0 Å². The molecule has 0 saturated carbocycles. The number of fused-ring (bicyclic) bond motifs is 1. The number of hydrogen-bond donors (Lipinski definition) is 2. The largest absolute Gasteiger partial charge is 0.369 e. The molecule has 2 aliphatic heterocycles. The van der Waals surface area contributed by atoms with Crippen LogP contribution in [0.25, 0.3) is 0 Å². The first kappa shape index (κ1) is 15.9. The predicted molar refractivity (Wildman–Crippen MR) is 87.8 cm³/mol. The number of nitrogens with one attached hydrogen (secondary N) is 1. The number of nitrogens with zero attached hydrogens (tertiary/aromatic N) is 1.